The van der Waals surface area contributed by atoms with E-state index >= 15 is 0 Å². The minimum Gasteiger partial charge on any atom is -0.316 e. The first-order valence-electron chi connectivity index (χ1n) is 5.11. The second-order valence-electron chi connectivity index (χ2n) is 3.90. The van der Waals surface area contributed by atoms with Crippen molar-refractivity contribution >= 4 is 11.8 Å². The highest BCUT2D eigenvalue weighted by atomic mass is 32.2. The largest absolute Gasteiger partial charge is 0.316 e. The van der Waals surface area contributed by atoms with Gasteiger partial charge in [0.2, 0.25) is 0 Å². The first kappa shape index (κ1) is 10.4. The Hall–Kier alpha value is 0.310. The van der Waals surface area contributed by atoms with Gasteiger partial charge in [0.15, 0.2) is 0 Å². The van der Waals surface area contributed by atoms with Gasteiger partial charge in [-0.2, -0.15) is 11.8 Å². The van der Waals surface area contributed by atoms with Gasteiger partial charge in [0.25, 0.3) is 0 Å². The van der Waals surface area contributed by atoms with Gasteiger partial charge >= 0.3 is 0 Å². The van der Waals surface area contributed by atoms with Crippen LogP contribution in [0.2, 0.25) is 0 Å². The van der Waals surface area contributed by atoms with Crippen LogP contribution >= 0.6 is 11.8 Å². The molecule has 1 heterocycles. The summed E-state index contributed by atoms with van der Waals surface area (Å²) >= 11 is 2.11. The lowest BCUT2D eigenvalue weighted by atomic mass is 10.1. The van der Waals surface area contributed by atoms with Crippen LogP contribution in [0.5, 0.6) is 0 Å². The minimum absolute atomic E-state index is 0.846. The first-order valence-corrected chi connectivity index (χ1v) is 6.26. The van der Waals surface area contributed by atoms with E-state index in [2.05, 4.69) is 30.9 Å². The molecule has 0 bridgehead atoms. The van der Waals surface area contributed by atoms with Gasteiger partial charge in [0.1, 0.15) is 0 Å². The summed E-state index contributed by atoms with van der Waals surface area (Å²) in [5.41, 5.74) is 0. The Kier molecular flexibility index (Phi) is 5.08. The van der Waals surface area contributed by atoms with Gasteiger partial charge in [0.05, 0.1) is 0 Å². The number of hydrogen-bond acceptors (Lipinski definition) is 2. The van der Waals surface area contributed by atoms with E-state index in [0.717, 1.165) is 11.8 Å². The summed E-state index contributed by atoms with van der Waals surface area (Å²) in [6.45, 7) is 7.03. The van der Waals surface area contributed by atoms with Gasteiger partial charge in [-0.3, -0.25) is 0 Å². The third-order valence-corrected chi connectivity index (χ3v) is 3.88. The zero-order chi connectivity index (χ0) is 8.81. The lowest BCUT2D eigenvalue weighted by Crippen LogP contribution is -2.26. The average molecular weight is 187 g/mol. The van der Waals surface area contributed by atoms with Crippen LogP contribution in [0.25, 0.3) is 0 Å². The van der Waals surface area contributed by atoms with Crippen molar-refractivity contribution in [3.8, 4) is 0 Å². The van der Waals surface area contributed by atoms with Gasteiger partial charge in [-0.05, 0) is 42.9 Å². The smallest absolute Gasteiger partial charge is 0.00122 e. The predicted molar refractivity (Wildman–Crippen MR) is 57.8 cm³/mol. The molecule has 1 aliphatic heterocycles. The Morgan fingerprint density at radius 3 is 3.00 bits per heavy atom. The summed E-state index contributed by atoms with van der Waals surface area (Å²) in [4.78, 5) is 0. The molecule has 12 heavy (non-hydrogen) atoms. The SMILES string of the molecule is CCC(C)CNCC1CCSC1. The van der Waals surface area contributed by atoms with Crippen LogP contribution < -0.4 is 5.32 Å². The van der Waals surface area contributed by atoms with Crippen LogP contribution in [-0.4, -0.2) is 24.6 Å². The van der Waals surface area contributed by atoms with E-state index in [1.165, 1.54) is 37.4 Å². The van der Waals surface area contributed by atoms with Crippen LogP contribution in [0, 0.1) is 11.8 Å². The van der Waals surface area contributed by atoms with Crippen molar-refractivity contribution in [2.45, 2.75) is 26.7 Å². The van der Waals surface area contributed by atoms with Gasteiger partial charge in [0, 0.05) is 0 Å². The quantitative estimate of drug-likeness (QED) is 0.709. The molecule has 0 aromatic carbocycles. The molecule has 0 spiro atoms. The van der Waals surface area contributed by atoms with Crippen molar-refractivity contribution in [2.24, 2.45) is 11.8 Å². The van der Waals surface area contributed by atoms with Crippen molar-refractivity contribution in [3.63, 3.8) is 0 Å². The van der Waals surface area contributed by atoms with Gasteiger partial charge in [-0.15, -0.1) is 0 Å². The van der Waals surface area contributed by atoms with E-state index in [0.29, 0.717) is 0 Å². The van der Waals surface area contributed by atoms with Crippen molar-refractivity contribution in [1.29, 1.82) is 0 Å². The molecule has 1 N–H and O–H groups in total. The predicted octanol–water partition coefficient (Wildman–Crippen LogP) is 2.38. The Balaban J connectivity index is 1.94. The molecule has 0 amide bonds. The lowest BCUT2D eigenvalue weighted by molar-refractivity contribution is 0.456. The summed E-state index contributed by atoms with van der Waals surface area (Å²) in [6, 6.07) is 0. The standard InChI is InChI=1S/C10H21NS/c1-3-9(2)6-11-7-10-4-5-12-8-10/h9-11H,3-8H2,1-2H3. The Morgan fingerprint density at radius 1 is 1.58 bits per heavy atom. The van der Waals surface area contributed by atoms with Crippen molar-refractivity contribution in [2.75, 3.05) is 24.6 Å². The second-order valence-corrected chi connectivity index (χ2v) is 5.05. The average Bonchev–Trinajstić information content (AvgIpc) is 2.57. The highest BCUT2D eigenvalue weighted by Gasteiger charge is 2.14. The van der Waals surface area contributed by atoms with Gasteiger partial charge in [-0.1, -0.05) is 20.3 Å². The topological polar surface area (TPSA) is 12.0 Å². The fourth-order valence-corrected chi connectivity index (χ4v) is 2.71. The second kappa shape index (κ2) is 5.87. The zero-order valence-electron chi connectivity index (χ0n) is 8.31. The normalized spacial score (nSPS) is 26.0. The van der Waals surface area contributed by atoms with E-state index in [1.54, 1.807) is 0 Å². The summed E-state index contributed by atoms with van der Waals surface area (Å²) < 4.78 is 0. The Labute approximate surface area is 80.7 Å². The molecule has 0 saturated carbocycles. The molecule has 0 aliphatic carbocycles. The first-order chi connectivity index (χ1) is 5.83. The Bertz CT molecular complexity index is 110. The number of nitrogens with one attached hydrogen (secondary N) is 1. The molecule has 0 radical (unpaired) electrons. The molecule has 0 aromatic heterocycles. The van der Waals surface area contributed by atoms with E-state index in [9.17, 15) is 0 Å². The van der Waals surface area contributed by atoms with Gasteiger partial charge < -0.3 is 5.32 Å². The Morgan fingerprint density at radius 2 is 2.42 bits per heavy atom. The maximum Gasteiger partial charge on any atom is -0.00122 e. The van der Waals surface area contributed by atoms with Crippen LogP contribution in [-0.2, 0) is 0 Å². The molecule has 0 aromatic rings. The van der Waals surface area contributed by atoms with Crippen molar-refractivity contribution in [3.05, 3.63) is 0 Å². The lowest BCUT2D eigenvalue weighted by Gasteiger charge is -2.13. The molecule has 1 aliphatic rings. The van der Waals surface area contributed by atoms with E-state index < -0.39 is 0 Å². The molecule has 2 unspecified atom stereocenters. The zero-order valence-corrected chi connectivity index (χ0v) is 9.12. The molecule has 1 saturated heterocycles. The summed E-state index contributed by atoms with van der Waals surface area (Å²) in [7, 11) is 0. The summed E-state index contributed by atoms with van der Waals surface area (Å²) in [5, 5.41) is 3.56. The molecule has 72 valence electrons. The molecule has 1 nitrogen and oxygen atoms in total. The van der Waals surface area contributed by atoms with E-state index in [1.807, 2.05) is 0 Å². The highest BCUT2D eigenvalue weighted by Crippen LogP contribution is 2.22. The number of rotatable bonds is 5. The van der Waals surface area contributed by atoms with Crippen molar-refractivity contribution < 1.29 is 0 Å². The fourth-order valence-electron chi connectivity index (χ4n) is 1.42. The molecule has 1 rings (SSSR count). The monoisotopic (exact) mass is 187 g/mol. The fraction of sp³-hybridized carbons (Fsp3) is 1.00. The summed E-state index contributed by atoms with van der Waals surface area (Å²) in [5.74, 6) is 4.57. The molecular weight excluding hydrogens is 166 g/mol. The maximum atomic E-state index is 3.56. The van der Waals surface area contributed by atoms with Crippen LogP contribution in [0.1, 0.15) is 26.7 Å². The molecule has 2 atom stereocenters. The van der Waals surface area contributed by atoms with Gasteiger partial charge in [-0.25, -0.2) is 0 Å². The molecule has 1 fully saturated rings. The van der Waals surface area contributed by atoms with Crippen LogP contribution in [0.3, 0.4) is 0 Å². The van der Waals surface area contributed by atoms with Crippen LogP contribution in [0.4, 0.5) is 0 Å². The highest BCUT2D eigenvalue weighted by molar-refractivity contribution is 7.99. The van der Waals surface area contributed by atoms with Crippen molar-refractivity contribution in [1.82, 2.24) is 5.32 Å². The third kappa shape index (κ3) is 3.81. The maximum absolute atomic E-state index is 3.56. The third-order valence-electron chi connectivity index (χ3n) is 2.65. The molecular formula is C10H21NS. The minimum atomic E-state index is 0.846. The number of thioether (sulfide) groups is 1. The summed E-state index contributed by atoms with van der Waals surface area (Å²) in [6.07, 6.45) is 2.73. The number of hydrogen-bond donors (Lipinski definition) is 1. The van der Waals surface area contributed by atoms with Crippen LogP contribution in [0.15, 0.2) is 0 Å². The molecule has 2 heteroatoms. The van der Waals surface area contributed by atoms with E-state index in [4.69, 9.17) is 0 Å². The van der Waals surface area contributed by atoms with E-state index in [-0.39, 0.29) is 0 Å².